The molecule has 0 radical (unpaired) electrons. The molecule has 0 saturated heterocycles. The summed E-state index contributed by atoms with van der Waals surface area (Å²) < 4.78 is 26.7. The number of rotatable bonds is 0. The van der Waals surface area contributed by atoms with Gasteiger partial charge in [-0.05, 0) is 0 Å². The number of nitrogens with zero attached hydrogens (tertiary/aromatic N) is 4. The van der Waals surface area contributed by atoms with E-state index >= 15 is 0 Å². The van der Waals surface area contributed by atoms with E-state index in [4.69, 9.17) is 14.0 Å². The van der Waals surface area contributed by atoms with Gasteiger partial charge in [0, 0.05) is 0 Å². The molecule has 0 saturated carbocycles. The Bertz CT molecular complexity index is 475. The van der Waals surface area contributed by atoms with Crippen LogP contribution in [0.4, 0.5) is 0 Å². The van der Waals surface area contributed by atoms with Gasteiger partial charge >= 0.3 is 66.6 Å². The molecule has 0 aliphatic rings. The van der Waals surface area contributed by atoms with Crippen molar-refractivity contribution in [3.8, 4) is 0 Å². The van der Waals surface area contributed by atoms with Gasteiger partial charge in [0.15, 0.2) is 0 Å². The van der Waals surface area contributed by atoms with Gasteiger partial charge in [0.05, 0.1) is 56.4 Å². The molecule has 0 aromatic heterocycles. The first-order valence-electron chi connectivity index (χ1n) is 7.00. The van der Waals surface area contributed by atoms with Crippen LogP contribution in [0, 0.1) is 20.0 Å². The second-order valence-electron chi connectivity index (χ2n) is 5.19. The maximum atomic E-state index is 7.50. The summed E-state index contributed by atoms with van der Waals surface area (Å²) in [5, 5.41) is 0. The van der Waals surface area contributed by atoms with Crippen LogP contribution in [0.3, 0.4) is 0 Å². The van der Waals surface area contributed by atoms with Crippen molar-refractivity contribution in [1.82, 2.24) is 9.80 Å². The van der Waals surface area contributed by atoms with Crippen molar-refractivity contribution < 1.29 is 44.2 Å². The summed E-state index contributed by atoms with van der Waals surface area (Å²) in [6.45, 7) is 13.5. The fourth-order valence-electron chi connectivity index (χ4n) is 1.92. The minimum absolute atomic E-state index is 0. The minimum Gasteiger partial charge on any atom is -0.214 e. The average Bonchev–Trinajstić information content (AvgIpc) is 3.16. The van der Waals surface area contributed by atoms with Gasteiger partial charge in [-0.1, -0.05) is 0 Å². The third kappa shape index (κ3) is 18.5. The quantitative estimate of drug-likeness (QED) is 0.148. The molecule has 0 atom stereocenters. The zero-order chi connectivity index (χ0) is 21.0. The van der Waals surface area contributed by atoms with Crippen LogP contribution in [0.25, 0.3) is 0 Å². The fourth-order valence-corrected chi connectivity index (χ4v) is 1.92. The molecule has 1 aromatic rings. The van der Waals surface area contributed by atoms with E-state index < -0.39 is 0 Å². The molecule has 8 heteroatoms. The van der Waals surface area contributed by atoms with Gasteiger partial charge in [0.2, 0.25) is 0 Å². The topological polar surface area (TPSA) is 72.2 Å². The largest absolute Gasteiger partial charge is 4.00 e. The summed E-state index contributed by atoms with van der Waals surface area (Å²) in [4.78, 5) is 4.24. The Morgan fingerprint density at radius 2 is 0.923 bits per heavy atom. The monoisotopic (exact) mass is 447 g/mol. The van der Waals surface area contributed by atoms with Crippen LogP contribution < -0.4 is 0 Å². The Kier molecular flexibility index (Phi) is 34.6. The summed E-state index contributed by atoms with van der Waals surface area (Å²) in [7, 11) is 16.5. The molecule has 7 nitrogen and oxygen atoms in total. The molecule has 0 aliphatic carbocycles. The minimum atomic E-state index is 0. The van der Waals surface area contributed by atoms with Crippen molar-refractivity contribution in [2.24, 2.45) is 0 Å². The molecule has 1 aromatic carbocycles. The Hall–Kier alpha value is -1.80. The van der Waals surface area contributed by atoms with Crippen molar-refractivity contribution in [3.05, 3.63) is 50.3 Å². The fraction of sp³-hybridized carbons (Fsp3) is 0.444. The average molecular weight is 445 g/mol. The maximum absolute atomic E-state index is 7.50. The normalized spacial score (nSPS) is 6.85. The van der Waals surface area contributed by atoms with Gasteiger partial charge in [-0.15, -0.1) is 0 Å². The third-order valence-corrected chi connectivity index (χ3v) is 2.45. The van der Waals surface area contributed by atoms with Gasteiger partial charge in [0.1, 0.15) is 0 Å². The molecule has 0 bridgehead atoms. The smallest absolute Gasteiger partial charge is 0.214 e. The Morgan fingerprint density at radius 3 is 1.00 bits per heavy atom. The van der Waals surface area contributed by atoms with E-state index in [0.717, 1.165) is 0 Å². The first kappa shape index (κ1) is 35.3. The standard InChI is InChI=1S/C10H24N4.C5H5.3CO.Mo/c1-11(2)9(12(3)4)10(13(5)6)14(7)8;1-2-4-5-3-1;3*1-2;/h1-8H3;1-5H;;;;/q+2;-1;;;;+4. The second-order valence-corrected chi connectivity index (χ2v) is 5.19. The second kappa shape index (κ2) is 25.4. The summed E-state index contributed by atoms with van der Waals surface area (Å²) in [6.07, 6.45) is 0. The summed E-state index contributed by atoms with van der Waals surface area (Å²) in [5.74, 6) is 2.39. The zero-order valence-corrected chi connectivity index (χ0v) is 18.8. The number of hydrogen-bond acceptors (Lipinski definition) is 0. The molecular formula is C18H29MoN4O3+5. The summed E-state index contributed by atoms with van der Waals surface area (Å²) >= 11 is 0. The third-order valence-electron chi connectivity index (χ3n) is 2.45. The molecule has 0 unspecified atom stereocenters. The van der Waals surface area contributed by atoms with E-state index in [1.165, 1.54) is 11.7 Å². The molecule has 0 amide bonds. The Morgan fingerprint density at radius 1 is 0.692 bits per heavy atom. The van der Waals surface area contributed by atoms with Crippen LogP contribution in [0.2, 0.25) is 0 Å². The molecule has 0 heterocycles. The van der Waals surface area contributed by atoms with Crippen LogP contribution in [-0.2, 0) is 35.0 Å². The van der Waals surface area contributed by atoms with Crippen LogP contribution in [0.15, 0.2) is 30.3 Å². The van der Waals surface area contributed by atoms with Crippen molar-refractivity contribution in [3.63, 3.8) is 0 Å². The van der Waals surface area contributed by atoms with Crippen molar-refractivity contribution in [2.45, 2.75) is 0 Å². The van der Waals surface area contributed by atoms with E-state index in [9.17, 15) is 0 Å². The van der Waals surface area contributed by atoms with Gasteiger partial charge in [-0.2, -0.15) is 18.2 Å². The van der Waals surface area contributed by atoms with E-state index in [2.05, 4.69) is 95.3 Å². The van der Waals surface area contributed by atoms with Crippen LogP contribution >= 0.6 is 0 Å². The van der Waals surface area contributed by atoms with Crippen molar-refractivity contribution >= 4 is 11.7 Å². The van der Waals surface area contributed by atoms with Gasteiger partial charge < -0.3 is 0 Å². The predicted molar refractivity (Wildman–Crippen MR) is 95.4 cm³/mol. The summed E-state index contributed by atoms with van der Waals surface area (Å²) in [6, 6.07) is 10.0. The molecule has 0 fully saturated rings. The van der Waals surface area contributed by atoms with E-state index in [0.29, 0.717) is 0 Å². The SMILES string of the molecule is CN(C)C(C(N(C)C)=[N+](C)C)=[N+](C)C.[C-]#[O+].[C-]#[O+].[C-]#[O+].[Mo+4].c1cc[cH-]c1. The molecular weight excluding hydrogens is 416 g/mol. The Balaban J connectivity index is -0.000000101. The number of amidine groups is 2. The van der Waals surface area contributed by atoms with Crippen molar-refractivity contribution in [2.75, 3.05) is 56.4 Å². The number of hydrogen-bond donors (Lipinski definition) is 0. The maximum Gasteiger partial charge on any atom is 4.00 e. The molecule has 140 valence electrons. The molecule has 0 aliphatic heterocycles. The zero-order valence-electron chi connectivity index (χ0n) is 16.8. The van der Waals surface area contributed by atoms with Gasteiger partial charge in [-0.25, -0.2) is 12.1 Å². The van der Waals surface area contributed by atoms with Crippen LogP contribution in [0.5, 0.6) is 0 Å². The van der Waals surface area contributed by atoms with Crippen molar-refractivity contribution in [1.29, 1.82) is 0 Å². The van der Waals surface area contributed by atoms with E-state index in [1.807, 2.05) is 30.3 Å². The van der Waals surface area contributed by atoms with E-state index in [-0.39, 0.29) is 21.1 Å². The van der Waals surface area contributed by atoms with Crippen LogP contribution in [-0.4, -0.2) is 87.0 Å². The first-order chi connectivity index (χ1) is 11.8. The van der Waals surface area contributed by atoms with Crippen LogP contribution in [0.1, 0.15) is 0 Å². The molecule has 26 heavy (non-hydrogen) atoms. The van der Waals surface area contributed by atoms with E-state index in [1.54, 1.807) is 0 Å². The molecule has 0 N–H and O–H groups in total. The predicted octanol–water partition coefficient (Wildman–Crippen LogP) is 0.741. The van der Waals surface area contributed by atoms with Gasteiger partial charge in [-0.3, -0.25) is 19.0 Å². The molecule has 1 rings (SSSR count). The Labute approximate surface area is 172 Å². The first-order valence-corrected chi connectivity index (χ1v) is 7.00. The summed E-state index contributed by atoms with van der Waals surface area (Å²) in [5.41, 5.74) is 0. The molecule has 0 spiro atoms. The number of likely N-dealkylation sites (N-methyl/N-ethyl adjacent to an activating group) is 2. The van der Waals surface area contributed by atoms with Gasteiger partial charge in [0.25, 0.3) is 0 Å².